The number of aromatic carboxylic acids is 1. The maximum Gasteiger partial charge on any atom is 0.335 e. The summed E-state index contributed by atoms with van der Waals surface area (Å²) in [6.07, 6.45) is 3.01. The van der Waals surface area contributed by atoms with Crippen LogP contribution in [0.4, 0.5) is 13.2 Å². The number of carboxylic acids is 1. The Labute approximate surface area is 277 Å². The molecular formula is C35H27F3N6O5. The highest BCUT2D eigenvalue weighted by Gasteiger charge is 2.45. The molecule has 7 rings (SSSR count). The summed E-state index contributed by atoms with van der Waals surface area (Å²) in [5, 5.41) is 21.3. The van der Waals surface area contributed by atoms with Gasteiger partial charge in [-0.1, -0.05) is 12.1 Å². The summed E-state index contributed by atoms with van der Waals surface area (Å²) in [6, 6.07) is 14.2. The Bertz CT molecular complexity index is 2160. The Balaban J connectivity index is 1.08. The van der Waals surface area contributed by atoms with Crippen LogP contribution in [0.25, 0.3) is 22.3 Å². The highest BCUT2D eigenvalue weighted by Crippen LogP contribution is 2.34. The second-order valence-electron chi connectivity index (χ2n) is 12.0. The van der Waals surface area contributed by atoms with Crippen molar-refractivity contribution in [1.29, 1.82) is 5.26 Å². The molecule has 0 spiro atoms. The number of carboxylic acid groups (broad SMARTS) is 1. The summed E-state index contributed by atoms with van der Waals surface area (Å²) in [4.78, 5) is 36.8. The van der Waals surface area contributed by atoms with Gasteiger partial charge in [-0.05, 0) is 61.2 Å². The number of amides is 1. The van der Waals surface area contributed by atoms with Gasteiger partial charge in [0.1, 0.15) is 40.8 Å². The molecule has 3 aromatic heterocycles. The average Bonchev–Trinajstić information content (AvgIpc) is 3.76. The van der Waals surface area contributed by atoms with Gasteiger partial charge in [0.25, 0.3) is 5.91 Å². The van der Waals surface area contributed by atoms with E-state index in [1.165, 1.54) is 24.4 Å². The van der Waals surface area contributed by atoms with Gasteiger partial charge in [-0.3, -0.25) is 9.78 Å². The minimum Gasteiger partial charge on any atom is -0.478 e. The minimum absolute atomic E-state index is 0.0325. The van der Waals surface area contributed by atoms with Crippen molar-refractivity contribution in [1.82, 2.24) is 24.8 Å². The molecule has 2 N–H and O–H groups in total. The summed E-state index contributed by atoms with van der Waals surface area (Å²) in [5.41, 5.74) is -0.153. The van der Waals surface area contributed by atoms with E-state index in [2.05, 4.69) is 26.3 Å². The number of hydrogen-bond donors (Lipinski definition) is 2. The van der Waals surface area contributed by atoms with Crippen LogP contribution in [0.15, 0.2) is 60.8 Å². The zero-order chi connectivity index (χ0) is 34.3. The molecule has 11 nitrogen and oxygen atoms in total. The third-order valence-electron chi connectivity index (χ3n) is 8.56. The quantitative estimate of drug-likeness (QED) is 0.190. The van der Waals surface area contributed by atoms with Crippen molar-refractivity contribution in [2.24, 2.45) is 0 Å². The number of fused-ring (bicyclic) bond motifs is 1. The van der Waals surface area contributed by atoms with Crippen LogP contribution in [0.5, 0.6) is 5.88 Å². The van der Waals surface area contributed by atoms with Crippen LogP contribution < -0.4 is 10.1 Å². The maximum atomic E-state index is 15.6. The van der Waals surface area contributed by atoms with E-state index in [1.807, 2.05) is 0 Å². The monoisotopic (exact) mass is 668 g/mol. The lowest BCUT2D eigenvalue weighted by atomic mass is 10.0. The SMILES string of the molecule is N#CC1(NC(=O)c2ccc(COc3cccc(-c4cc(F)c(Cc5nc6c(F)cc(C(=O)O)cc6n5CC5CCO5)cc4F)n3)cn2)CC1. The number of carbonyl (C=O) groups is 2. The molecule has 2 fully saturated rings. The fourth-order valence-electron chi connectivity index (χ4n) is 5.53. The number of nitriles is 1. The molecule has 1 saturated carbocycles. The molecule has 0 radical (unpaired) electrons. The first kappa shape index (κ1) is 31.8. The van der Waals surface area contributed by atoms with Crippen LogP contribution in [0.1, 0.15) is 57.1 Å². The van der Waals surface area contributed by atoms with Gasteiger partial charge in [0, 0.05) is 36.4 Å². The number of ether oxygens (including phenoxy) is 2. The number of nitrogens with zero attached hydrogens (tertiary/aromatic N) is 5. The number of imidazole rings is 1. The first-order valence-electron chi connectivity index (χ1n) is 15.4. The number of nitrogens with one attached hydrogen (secondary N) is 1. The fourth-order valence-corrected chi connectivity index (χ4v) is 5.53. The second kappa shape index (κ2) is 12.7. The average molecular weight is 669 g/mol. The smallest absolute Gasteiger partial charge is 0.335 e. The molecule has 5 aromatic rings. The van der Waals surface area contributed by atoms with Gasteiger partial charge in [-0.15, -0.1) is 0 Å². The Kier molecular flexibility index (Phi) is 8.21. The zero-order valence-electron chi connectivity index (χ0n) is 25.8. The minimum atomic E-state index is -1.31. The maximum absolute atomic E-state index is 15.6. The van der Waals surface area contributed by atoms with Gasteiger partial charge in [-0.25, -0.2) is 27.9 Å². The molecule has 4 heterocycles. The highest BCUT2D eigenvalue weighted by molar-refractivity contribution is 5.93. The predicted molar refractivity (Wildman–Crippen MR) is 167 cm³/mol. The summed E-state index contributed by atoms with van der Waals surface area (Å²) < 4.78 is 58.9. The lowest BCUT2D eigenvalue weighted by Gasteiger charge is -2.27. The van der Waals surface area contributed by atoms with E-state index >= 15 is 8.78 Å². The van der Waals surface area contributed by atoms with Gasteiger partial charge >= 0.3 is 5.97 Å². The first-order chi connectivity index (χ1) is 23.6. The van der Waals surface area contributed by atoms with Gasteiger partial charge in [0.15, 0.2) is 5.82 Å². The third kappa shape index (κ3) is 6.53. The number of benzene rings is 2. The summed E-state index contributed by atoms with van der Waals surface area (Å²) >= 11 is 0. The Morgan fingerprint density at radius 2 is 1.90 bits per heavy atom. The fraction of sp³-hybridized carbons (Fsp3) is 0.257. The zero-order valence-corrected chi connectivity index (χ0v) is 25.8. The van der Waals surface area contributed by atoms with E-state index < -0.39 is 34.9 Å². The number of hydrogen-bond acceptors (Lipinski definition) is 8. The summed E-state index contributed by atoms with van der Waals surface area (Å²) in [5.74, 6) is -3.71. The van der Waals surface area contributed by atoms with E-state index in [1.54, 1.807) is 22.8 Å². The van der Waals surface area contributed by atoms with Crippen LogP contribution in [-0.4, -0.2) is 54.8 Å². The molecule has 248 valence electrons. The van der Waals surface area contributed by atoms with Gasteiger partial charge in [-0.2, -0.15) is 5.26 Å². The molecule has 14 heteroatoms. The van der Waals surface area contributed by atoms with E-state index in [0.717, 1.165) is 24.6 Å². The molecule has 1 amide bonds. The molecule has 2 aromatic carbocycles. The number of pyridine rings is 2. The predicted octanol–water partition coefficient (Wildman–Crippen LogP) is 5.35. The normalized spacial score (nSPS) is 16.1. The first-order valence-corrected chi connectivity index (χ1v) is 15.4. The van der Waals surface area contributed by atoms with Crippen LogP contribution in [-0.2, 0) is 24.3 Å². The summed E-state index contributed by atoms with van der Waals surface area (Å²) in [6.45, 7) is 0.829. The van der Waals surface area contributed by atoms with E-state index in [-0.39, 0.29) is 76.5 Å². The molecule has 49 heavy (non-hydrogen) atoms. The number of carbonyl (C=O) groups excluding carboxylic acids is 1. The Morgan fingerprint density at radius 1 is 1.08 bits per heavy atom. The van der Waals surface area contributed by atoms with Crippen LogP contribution in [0, 0.1) is 28.8 Å². The van der Waals surface area contributed by atoms with Crippen molar-refractivity contribution in [3.63, 3.8) is 0 Å². The summed E-state index contributed by atoms with van der Waals surface area (Å²) in [7, 11) is 0. The highest BCUT2D eigenvalue weighted by atomic mass is 19.1. The largest absolute Gasteiger partial charge is 0.478 e. The van der Waals surface area contributed by atoms with Gasteiger partial charge in [0.05, 0.1) is 35.5 Å². The van der Waals surface area contributed by atoms with E-state index in [0.29, 0.717) is 25.0 Å². The molecule has 1 saturated heterocycles. The molecular weight excluding hydrogens is 641 g/mol. The molecule has 1 atom stereocenters. The topological polar surface area (TPSA) is 152 Å². The second-order valence-corrected chi connectivity index (χ2v) is 12.0. The Morgan fingerprint density at radius 3 is 2.57 bits per heavy atom. The van der Waals surface area contributed by atoms with Crippen molar-refractivity contribution in [2.45, 2.75) is 50.5 Å². The number of rotatable bonds is 11. The molecule has 1 aliphatic carbocycles. The molecule has 1 aliphatic heterocycles. The van der Waals surface area contributed by atoms with Crippen LogP contribution in [0.2, 0.25) is 0 Å². The van der Waals surface area contributed by atoms with Crippen molar-refractivity contribution >= 4 is 22.9 Å². The van der Waals surface area contributed by atoms with Gasteiger partial charge in [0.2, 0.25) is 5.88 Å². The molecule has 1 unspecified atom stereocenters. The lowest BCUT2D eigenvalue weighted by molar-refractivity contribution is -0.0589. The number of halogens is 3. The van der Waals surface area contributed by atoms with Crippen molar-refractivity contribution in [3.05, 3.63) is 106 Å². The van der Waals surface area contributed by atoms with Crippen molar-refractivity contribution in [3.8, 4) is 23.2 Å². The third-order valence-corrected chi connectivity index (χ3v) is 8.56. The lowest BCUT2D eigenvalue weighted by Crippen LogP contribution is -2.36. The van der Waals surface area contributed by atoms with Crippen molar-refractivity contribution in [2.75, 3.05) is 6.61 Å². The van der Waals surface area contributed by atoms with Crippen molar-refractivity contribution < 1.29 is 37.3 Å². The van der Waals surface area contributed by atoms with Crippen LogP contribution in [0.3, 0.4) is 0 Å². The van der Waals surface area contributed by atoms with E-state index in [9.17, 15) is 24.3 Å². The molecule has 2 aliphatic rings. The van der Waals surface area contributed by atoms with Crippen LogP contribution >= 0.6 is 0 Å². The van der Waals surface area contributed by atoms with E-state index in [4.69, 9.17) is 9.47 Å². The Hall–Kier alpha value is -5.81. The standard InChI is InChI=1S/C35H27F3N6O5/c36-24-14-23(27-2-1-3-31(41-27)49-17-19-4-5-28(40-15-19)33(45)43-35(18-39)7-8-35)25(37)10-20(24)13-30-42-32-26(38)11-21(34(46)47)12-29(32)44(30)16-22-6-9-48-22/h1-5,10-12,14-15,22H,6-9,13,16-17H2,(H,43,45)(H,46,47). The number of aromatic nitrogens is 4. The molecule has 0 bridgehead atoms. The van der Waals surface area contributed by atoms with Gasteiger partial charge < -0.3 is 24.5 Å².